The summed E-state index contributed by atoms with van der Waals surface area (Å²) in [5, 5.41) is 0. The topological polar surface area (TPSA) is 105 Å². The summed E-state index contributed by atoms with van der Waals surface area (Å²) < 4.78 is 13.0. The molecular formula is C22H20N4O5. The molecule has 0 unspecified atom stereocenters. The number of benzene rings is 2. The highest BCUT2D eigenvalue weighted by Gasteiger charge is 2.22. The molecule has 0 saturated heterocycles. The molecule has 0 bridgehead atoms. The maximum absolute atomic E-state index is 13.3. The molecule has 4 rings (SSSR count). The van der Waals surface area contributed by atoms with E-state index in [1.165, 1.54) is 7.11 Å². The smallest absolute Gasteiger partial charge is 0.357 e. The van der Waals surface area contributed by atoms with Gasteiger partial charge in [0, 0.05) is 19.2 Å². The Balaban J connectivity index is 2.07. The van der Waals surface area contributed by atoms with Crippen LogP contribution in [0.5, 0.6) is 5.75 Å². The molecular weight excluding hydrogens is 400 g/mol. The van der Waals surface area contributed by atoms with Gasteiger partial charge in [0.25, 0.3) is 5.56 Å². The zero-order chi connectivity index (χ0) is 22.1. The molecule has 9 nitrogen and oxygen atoms in total. The van der Waals surface area contributed by atoms with Crippen LogP contribution in [-0.4, -0.2) is 46.2 Å². The fourth-order valence-electron chi connectivity index (χ4n) is 3.50. The number of ether oxygens (including phenoxy) is 2. The van der Waals surface area contributed by atoms with Gasteiger partial charge < -0.3 is 14.0 Å². The van der Waals surface area contributed by atoms with Crippen LogP contribution in [0.15, 0.2) is 46.0 Å². The van der Waals surface area contributed by atoms with Crippen molar-refractivity contribution in [2.45, 2.75) is 13.5 Å². The average Bonchev–Trinajstić information content (AvgIpc) is 2.77. The molecule has 0 radical (unpaired) electrons. The number of carbonyl (C=O) groups excluding carboxylic acids is 1. The quantitative estimate of drug-likeness (QED) is 0.346. The number of aldehydes is 1. The van der Waals surface area contributed by atoms with Gasteiger partial charge in [-0.1, -0.05) is 0 Å². The summed E-state index contributed by atoms with van der Waals surface area (Å²) in [5.74, 6) is 0.742. The summed E-state index contributed by atoms with van der Waals surface area (Å²) in [5.41, 5.74) is 1.45. The van der Waals surface area contributed by atoms with Crippen LogP contribution < -0.4 is 16.0 Å². The first-order chi connectivity index (χ1) is 15.0. The van der Waals surface area contributed by atoms with Gasteiger partial charge in [0.15, 0.2) is 11.5 Å². The van der Waals surface area contributed by atoms with Crippen LogP contribution in [0, 0.1) is 6.92 Å². The van der Waals surface area contributed by atoms with Crippen LogP contribution in [0.2, 0.25) is 0 Å². The zero-order valence-electron chi connectivity index (χ0n) is 17.3. The van der Waals surface area contributed by atoms with Gasteiger partial charge in [-0.3, -0.25) is 9.59 Å². The lowest BCUT2D eigenvalue weighted by Gasteiger charge is -2.18. The van der Waals surface area contributed by atoms with E-state index in [0.717, 1.165) is 16.4 Å². The lowest BCUT2D eigenvalue weighted by atomic mass is 10.1. The Morgan fingerprint density at radius 3 is 2.45 bits per heavy atom. The SMILES string of the molecule is COCCn1c2nc(=O)n(-c3ccc(OC)cc3)c(=O)c-2nc2cc(C)c(C=O)cc21. The summed E-state index contributed by atoms with van der Waals surface area (Å²) in [4.78, 5) is 46.3. The van der Waals surface area contributed by atoms with Crippen molar-refractivity contribution in [2.24, 2.45) is 0 Å². The van der Waals surface area contributed by atoms with Crippen LogP contribution >= 0.6 is 0 Å². The molecule has 0 atom stereocenters. The standard InChI is InChI=1S/C22H20N4O5/c1-13-10-17-18(11-14(13)12-27)25(8-9-30-2)20-19(23-17)21(28)26(22(29)24-20)15-4-6-16(31-3)7-5-15/h4-7,10-12H,8-9H2,1-3H3. The summed E-state index contributed by atoms with van der Waals surface area (Å²) in [7, 11) is 3.08. The van der Waals surface area contributed by atoms with Crippen LogP contribution in [0.3, 0.4) is 0 Å². The van der Waals surface area contributed by atoms with Gasteiger partial charge >= 0.3 is 5.69 Å². The molecule has 0 amide bonds. The third-order valence-corrected chi connectivity index (χ3v) is 5.13. The summed E-state index contributed by atoms with van der Waals surface area (Å²) in [6.07, 6.45) is 0.758. The first-order valence-corrected chi connectivity index (χ1v) is 9.55. The van der Waals surface area contributed by atoms with Crippen molar-refractivity contribution in [3.63, 3.8) is 0 Å². The van der Waals surface area contributed by atoms with Crippen molar-refractivity contribution < 1.29 is 14.3 Å². The Bertz CT molecular complexity index is 1370. The average molecular weight is 420 g/mol. The minimum atomic E-state index is -0.724. The number of aryl methyl sites for hydroxylation is 1. The molecule has 0 fully saturated rings. The van der Waals surface area contributed by atoms with Crippen LogP contribution in [0.4, 0.5) is 0 Å². The second kappa shape index (κ2) is 8.11. The van der Waals surface area contributed by atoms with Crippen molar-refractivity contribution >= 4 is 17.3 Å². The molecule has 0 aromatic heterocycles. The van der Waals surface area contributed by atoms with Crippen LogP contribution in [0.1, 0.15) is 15.9 Å². The molecule has 0 spiro atoms. The lowest BCUT2D eigenvalue weighted by Crippen LogP contribution is -2.37. The zero-order valence-corrected chi connectivity index (χ0v) is 17.3. The molecule has 0 saturated carbocycles. The highest BCUT2D eigenvalue weighted by molar-refractivity contribution is 5.88. The molecule has 2 aromatic carbocycles. The van der Waals surface area contributed by atoms with Gasteiger partial charge in [0.05, 0.1) is 30.4 Å². The Labute approximate surface area is 176 Å². The number of methoxy groups -OCH3 is 2. The number of rotatable bonds is 6. The van der Waals surface area contributed by atoms with E-state index in [1.54, 1.807) is 55.0 Å². The van der Waals surface area contributed by atoms with E-state index in [1.807, 2.05) is 0 Å². The van der Waals surface area contributed by atoms with E-state index in [2.05, 4.69) is 9.97 Å². The van der Waals surface area contributed by atoms with Gasteiger partial charge in [-0.25, -0.2) is 14.3 Å². The summed E-state index contributed by atoms with van der Waals surface area (Å²) >= 11 is 0. The molecule has 9 heteroatoms. The molecule has 31 heavy (non-hydrogen) atoms. The van der Waals surface area contributed by atoms with Crippen molar-refractivity contribution in [3.8, 4) is 23.0 Å². The predicted octanol–water partition coefficient (Wildman–Crippen LogP) is 1.82. The van der Waals surface area contributed by atoms with E-state index in [0.29, 0.717) is 41.2 Å². The molecule has 158 valence electrons. The van der Waals surface area contributed by atoms with E-state index < -0.39 is 11.2 Å². The van der Waals surface area contributed by atoms with Crippen molar-refractivity contribution in [3.05, 3.63) is 68.4 Å². The number of aromatic nitrogens is 4. The first kappa shape index (κ1) is 20.4. The summed E-state index contributed by atoms with van der Waals surface area (Å²) in [6, 6.07) is 9.95. The molecule has 0 aliphatic carbocycles. The number of hydrogen-bond donors (Lipinski definition) is 0. The van der Waals surface area contributed by atoms with Gasteiger partial charge in [0.2, 0.25) is 0 Å². The third-order valence-electron chi connectivity index (χ3n) is 5.13. The Hall–Kier alpha value is -3.85. The Morgan fingerprint density at radius 2 is 1.81 bits per heavy atom. The molecule has 0 N–H and O–H groups in total. The Morgan fingerprint density at radius 1 is 1.06 bits per heavy atom. The van der Waals surface area contributed by atoms with Gasteiger partial charge in [0.1, 0.15) is 12.0 Å². The highest BCUT2D eigenvalue weighted by Crippen LogP contribution is 2.24. The normalized spacial score (nSPS) is 11.2. The second-order valence-corrected chi connectivity index (χ2v) is 6.98. The monoisotopic (exact) mass is 420 g/mol. The van der Waals surface area contributed by atoms with E-state index in [4.69, 9.17) is 9.47 Å². The molecule has 2 aromatic rings. The third kappa shape index (κ3) is 3.49. The van der Waals surface area contributed by atoms with E-state index >= 15 is 0 Å². The van der Waals surface area contributed by atoms with E-state index in [9.17, 15) is 14.4 Å². The highest BCUT2D eigenvalue weighted by atomic mass is 16.5. The lowest BCUT2D eigenvalue weighted by molar-refractivity contribution is 0.112. The fourth-order valence-corrected chi connectivity index (χ4v) is 3.50. The fraction of sp³-hybridized carbons (Fsp3) is 0.227. The van der Waals surface area contributed by atoms with Gasteiger partial charge in [-0.15, -0.1) is 0 Å². The van der Waals surface area contributed by atoms with Crippen molar-refractivity contribution in [2.75, 3.05) is 20.8 Å². The molecule has 2 aliphatic rings. The number of fused-ring (bicyclic) bond motifs is 2. The maximum atomic E-state index is 13.3. The predicted molar refractivity (Wildman–Crippen MR) is 115 cm³/mol. The summed E-state index contributed by atoms with van der Waals surface area (Å²) in [6.45, 7) is 2.44. The number of carbonyl (C=O) groups is 1. The largest absolute Gasteiger partial charge is 0.497 e. The maximum Gasteiger partial charge on any atom is 0.357 e. The molecule has 2 aliphatic heterocycles. The van der Waals surface area contributed by atoms with Gasteiger partial charge in [-0.05, 0) is 48.9 Å². The second-order valence-electron chi connectivity index (χ2n) is 6.98. The van der Waals surface area contributed by atoms with Crippen LogP contribution in [0.25, 0.3) is 28.2 Å². The van der Waals surface area contributed by atoms with Crippen molar-refractivity contribution in [1.82, 2.24) is 19.1 Å². The van der Waals surface area contributed by atoms with E-state index in [-0.39, 0.29) is 11.5 Å². The Kier molecular flexibility index (Phi) is 5.35. The number of nitrogens with zero attached hydrogens (tertiary/aromatic N) is 4. The molecule has 2 heterocycles. The van der Waals surface area contributed by atoms with Crippen LogP contribution in [-0.2, 0) is 11.3 Å². The van der Waals surface area contributed by atoms with Gasteiger partial charge in [-0.2, -0.15) is 4.98 Å². The first-order valence-electron chi connectivity index (χ1n) is 9.55. The number of hydrogen-bond acceptors (Lipinski definition) is 7. The minimum Gasteiger partial charge on any atom is -0.497 e. The minimum absolute atomic E-state index is 0.0530. The van der Waals surface area contributed by atoms with Crippen molar-refractivity contribution in [1.29, 1.82) is 0 Å².